The minimum absolute atomic E-state index is 1.07. The summed E-state index contributed by atoms with van der Waals surface area (Å²) in [4.78, 5) is 20.3. The summed E-state index contributed by atoms with van der Waals surface area (Å²) in [5.74, 6) is 0. The average Bonchev–Trinajstić information content (AvgIpc) is 2.45. The number of nitrogens with zero attached hydrogens (tertiary/aromatic N) is 6. The molecule has 0 saturated heterocycles. The van der Waals surface area contributed by atoms with Crippen LogP contribution in [0.3, 0.4) is 0 Å². The fourth-order valence-electron chi connectivity index (χ4n) is 2.15. The van der Waals surface area contributed by atoms with Crippen LogP contribution in [0.15, 0.2) is 0 Å². The van der Waals surface area contributed by atoms with E-state index in [1.54, 1.807) is 0 Å². The van der Waals surface area contributed by atoms with Crippen LogP contribution in [0.5, 0.6) is 0 Å². The normalized spacial score (nSPS) is 12.4. The van der Waals surface area contributed by atoms with E-state index in [-0.39, 0.29) is 0 Å². The van der Waals surface area contributed by atoms with E-state index < -0.39 is 37.7 Å². The monoisotopic (exact) mass is 544 g/mol. The zero-order valence-electron chi connectivity index (χ0n) is 17.9. The van der Waals surface area contributed by atoms with Crippen molar-refractivity contribution in [3.8, 4) is 0 Å². The van der Waals surface area contributed by atoms with Crippen LogP contribution in [0, 0.1) is 0 Å². The number of halogens is 2. The van der Waals surface area contributed by atoms with E-state index in [0.29, 0.717) is 0 Å². The van der Waals surface area contributed by atoms with E-state index in [1.807, 2.05) is 113 Å². The van der Waals surface area contributed by atoms with Gasteiger partial charge in [-0.25, -0.2) is 0 Å². The Hall–Kier alpha value is 2.04. The summed E-state index contributed by atoms with van der Waals surface area (Å²) in [6.07, 6.45) is 0. The summed E-state index contributed by atoms with van der Waals surface area (Å²) in [5.41, 5.74) is 0. The summed E-state index contributed by atoms with van der Waals surface area (Å²) in [6, 6.07) is 0. The molecule has 8 nitrogen and oxygen atoms in total. The molecular formula is C12H38CdCl2N6O2P2+2. The van der Waals surface area contributed by atoms with Gasteiger partial charge in [0, 0.05) is 84.6 Å². The third-order valence-corrected chi connectivity index (χ3v) is 9.66. The van der Waals surface area contributed by atoms with Gasteiger partial charge in [0.25, 0.3) is 0 Å². The van der Waals surface area contributed by atoms with Crippen LogP contribution >= 0.6 is 32.5 Å². The van der Waals surface area contributed by atoms with Gasteiger partial charge in [0.15, 0.2) is 0 Å². The summed E-state index contributed by atoms with van der Waals surface area (Å²) in [7, 11) is 28.2. The van der Waals surface area contributed by atoms with Gasteiger partial charge >= 0.3 is 54.3 Å². The molecular weight excluding hydrogens is 505 g/mol. The van der Waals surface area contributed by atoms with Crippen molar-refractivity contribution in [3.05, 3.63) is 0 Å². The molecule has 13 heteroatoms. The standard InChI is InChI=1S/2C6H19N3OP.Cd.2ClH/c2*1-7(2)11(10,8(3)4)9(5)6;;;/h2*10H,1-6H3;;2*1H/q2*+1;+2;;/p-2. The maximum absolute atomic E-state index is 10.1. The molecule has 0 aliphatic carbocycles. The van der Waals surface area contributed by atoms with Crippen molar-refractivity contribution < 1.29 is 31.6 Å². The molecule has 25 heavy (non-hydrogen) atoms. The molecule has 0 aromatic heterocycles. The van der Waals surface area contributed by atoms with Gasteiger partial charge in [-0.15, -0.1) is 28.0 Å². The minimum atomic E-state index is -2.19. The molecule has 0 unspecified atom stereocenters. The molecule has 0 aromatic carbocycles. The van der Waals surface area contributed by atoms with Gasteiger partial charge in [-0.05, 0) is 0 Å². The van der Waals surface area contributed by atoms with Crippen LogP contribution in [-0.2, 0) is 21.8 Å². The topological polar surface area (TPSA) is 59.9 Å². The average molecular weight is 544 g/mol. The number of hydrogen-bond acceptors (Lipinski definition) is 8. The van der Waals surface area contributed by atoms with Crippen molar-refractivity contribution >= 4 is 32.5 Å². The summed E-state index contributed by atoms with van der Waals surface area (Å²) < 4.78 is 11.1. The molecule has 0 aliphatic heterocycles. The fraction of sp³-hybridized carbons (Fsp3) is 1.00. The van der Waals surface area contributed by atoms with Gasteiger partial charge in [0.2, 0.25) is 0 Å². The first-order chi connectivity index (χ1) is 11.1. The van der Waals surface area contributed by atoms with Gasteiger partial charge in [-0.2, -0.15) is 9.79 Å². The Morgan fingerprint density at radius 3 is 0.560 bits per heavy atom. The number of hydrogen-bond donors (Lipinski definition) is 2. The molecule has 0 aliphatic rings. The van der Waals surface area contributed by atoms with Gasteiger partial charge in [0.1, 0.15) is 0 Å². The van der Waals surface area contributed by atoms with Crippen LogP contribution in [0.25, 0.3) is 0 Å². The van der Waals surface area contributed by atoms with Crippen LogP contribution in [0.2, 0.25) is 0 Å². The molecule has 152 valence electrons. The predicted octanol–water partition coefficient (Wildman–Crippen LogP) is 2.06. The third kappa shape index (κ3) is 10.4. The second-order valence-corrected chi connectivity index (χ2v) is 19.2. The van der Waals surface area contributed by atoms with Crippen LogP contribution in [-0.4, -0.2) is 122 Å². The Morgan fingerprint density at radius 2 is 0.560 bits per heavy atom. The first-order valence-corrected chi connectivity index (χ1v) is 20.9. The van der Waals surface area contributed by atoms with Gasteiger partial charge < -0.3 is 0 Å². The maximum atomic E-state index is 10.1. The molecule has 2 N–H and O–H groups in total. The Kier molecular flexibility index (Phi) is 19.0. The number of rotatable bonds is 6. The molecule has 0 saturated carbocycles. The Morgan fingerprint density at radius 1 is 0.480 bits per heavy atom. The molecule has 0 heterocycles. The van der Waals surface area contributed by atoms with E-state index >= 15 is 0 Å². The molecule has 0 spiro atoms. The molecule has 0 radical (unpaired) electrons. The zero-order chi connectivity index (χ0) is 21.2. The van der Waals surface area contributed by atoms with E-state index in [1.165, 1.54) is 0 Å². The van der Waals surface area contributed by atoms with Crippen molar-refractivity contribution in [2.75, 3.05) is 84.6 Å². The SMILES string of the molecule is CN(C)[P+](O)(N(C)C)N(C)C.CN(C)[P+](O)(N(C)C)N(C)C.[Cl][Cd][Cl]. The Balaban J connectivity index is -0.000000334. The molecule has 0 fully saturated rings. The molecule has 0 rings (SSSR count). The fourth-order valence-corrected chi connectivity index (χ4v) is 6.44. The summed E-state index contributed by atoms with van der Waals surface area (Å²) in [5, 5.41) is 0. The van der Waals surface area contributed by atoms with E-state index in [2.05, 4.69) is 0 Å². The van der Waals surface area contributed by atoms with Gasteiger partial charge in [-0.1, -0.05) is 0 Å². The Bertz CT molecular complexity index is 269. The molecule has 0 aromatic rings. The van der Waals surface area contributed by atoms with Crippen molar-refractivity contribution in [3.63, 3.8) is 0 Å². The molecule has 0 atom stereocenters. The van der Waals surface area contributed by atoms with Crippen LogP contribution in [0.4, 0.5) is 0 Å². The van der Waals surface area contributed by atoms with Crippen LogP contribution in [0.1, 0.15) is 0 Å². The van der Waals surface area contributed by atoms with E-state index in [9.17, 15) is 9.79 Å². The first-order valence-electron chi connectivity index (χ1n) is 7.50. The second kappa shape index (κ2) is 15.0. The molecule has 0 bridgehead atoms. The van der Waals surface area contributed by atoms with Crippen molar-refractivity contribution in [2.45, 2.75) is 0 Å². The van der Waals surface area contributed by atoms with Crippen LogP contribution < -0.4 is 0 Å². The van der Waals surface area contributed by atoms with Gasteiger partial charge in [-0.3, -0.25) is 0 Å². The predicted molar refractivity (Wildman–Crippen MR) is 112 cm³/mol. The first kappa shape index (κ1) is 31.7. The quantitative estimate of drug-likeness (QED) is 0.390. The zero-order valence-corrected chi connectivity index (χ0v) is 25.3. The molecule has 0 amide bonds. The van der Waals surface area contributed by atoms with Crippen molar-refractivity contribution in [2.24, 2.45) is 0 Å². The van der Waals surface area contributed by atoms with Crippen molar-refractivity contribution in [1.82, 2.24) is 28.0 Å². The van der Waals surface area contributed by atoms with E-state index in [0.717, 1.165) is 0 Å². The Labute approximate surface area is 175 Å². The van der Waals surface area contributed by atoms with E-state index in [4.69, 9.17) is 16.6 Å². The second-order valence-electron chi connectivity index (χ2n) is 6.26. The van der Waals surface area contributed by atoms with Gasteiger partial charge in [0.05, 0.1) is 0 Å². The third-order valence-electron chi connectivity index (χ3n) is 3.22. The summed E-state index contributed by atoms with van der Waals surface area (Å²) >= 11 is -1.07. The summed E-state index contributed by atoms with van der Waals surface area (Å²) in [6.45, 7) is 0. The van der Waals surface area contributed by atoms with Crippen molar-refractivity contribution in [1.29, 1.82) is 0 Å².